The van der Waals surface area contributed by atoms with E-state index in [0.29, 0.717) is 22.8 Å². The summed E-state index contributed by atoms with van der Waals surface area (Å²) in [6.07, 6.45) is 1.27. The maximum absolute atomic E-state index is 12.8. The van der Waals surface area contributed by atoms with E-state index >= 15 is 0 Å². The van der Waals surface area contributed by atoms with Gasteiger partial charge in [-0.25, -0.2) is 4.79 Å². The van der Waals surface area contributed by atoms with Crippen molar-refractivity contribution >= 4 is 17.8 Å². The van der Waals surface area contributed by atoms with Crippen LogP contribution in [0.2, 0.25) is 0 Å². The Morgan fingerprint density at radius 2 is 1.48 bits per heavy atom. The zero-order chi connectivity index (χ0) is 20.0. The number of benzene rings is 2. The van der Waals surface area contributed by atoms with Crippen LogP contribution in [0.15, 0.2) is 42.0 Å². The van der Waals surface area contributed by atoms with Gasteiger partial charge in [-0.2, -0.15) is 0 Å². The number of aliphatic carboxylic acids is 1. The van der Waals surface area contributed by atoms with Crippen LogP contribution in [-0.4, -0.2) is 45.3 Å². The Morgan fingerprint density at radius 1 is 0.815 bits per heavy atom. The van der Waals surface area contributed by atoms with E-state index in [0.717, 1.165) is 0 Å². The summed E-state index contributed by atoms with van der Waals surface area (Å²) in [7, 11) is 5.84. The highest BCUT2D eigenvalue weighted by Gasteiger charge is 2.23. The molecule has 0 unspecified atom stereocenters. The van der Waals surface area contributed by atoms with Gasteiger partial charge in [-0.3, -0.25) is 4.79 Å². The lowest BCUT2D eigenvalue weighted by Crippen LogP contribution is -2.13. The molecule has 2 aromatic rings. The minimum absolute atomic E-state index is 0.118. The zero-order valence-corrected chi connectivity index (χ0v) is 15.4. The first-order valence-electron chi connectivity index (χ1n) is 7.88. The van der Waals surface area contributed by atoms with Gasteiger partial charge < -0.3 is 24.1 Å². The number of methoxy groups -OCH3 is 4. The second kappa shape index (κ2) is 8.75. The second-order valence-corrected chi connectivity index (χ2v) is 5.37. The van der Waals surface area contributed by atoms with Crippen molar-refractivity contribution in [3.05, 3.63) is 53.1 Å². The van der Waals surface area contributed by atoms with E-state index in [1.54, 1.807) is 24.3 Å². The standard InChI is InChI=1S/C20H20O7/c1-24-13-6-7-14(17(11-13)26-3)19(21)15(20(22)23)9-12-5-8-16(25-2)18(10-12)27-4/h5-11H,1-4H3,(H,22,23)/b15-9+. The van der Waals surface area contributed by atoms with E-state index in [1.165, 1.54) is 46.6 Å². The Bertz CT molecular complexity index is 884. The number of ether oxygens (including phenoxy) is 4. The molecular weight excluding hydrogens is 352 g/mol. The molecule has 0 heterocycles. The quantitative estimate of drug-likeness (QED) is 0.329. The average molecular weight is 372 g/mol. The molecule has 0 aliphatic rings. The number of hydrogen-bond donors (Lipinski definition) is 1. The van der Waals surface area contributed by atoms with Crippen LogP contribution < -0.4 is 18.9 Å². The molecule has 0 aliphatic carbocycles. The van der Waals surface area contributed by atoms with E-state index in [4.69, 9.17) is 18.9 Å². The monoisotopic (exact) mass is 372 g/mol. The molecule has 0 spiro atoms. The van der Waals surface area contributed by atoms with E-state index in [1.807, 2.05) is 0 Å². The molecule has 0 fully saturated rings. The summed E-state index contributed by atoms with van der Waals surface area (Å²) in [6, 6.07) is 9.38. The summed E-state index contributed by atoms with van der Waals surface area (Å²) in [5, 5.41) is 9.55. The first-order chi connectivity index (χ1) is 12.9. The Morgan fingerprint density at radius 3 is 2.04 bits per heavy atom. The van der Waals surface area contributed by atoms with Gasteiger partial charge in [-0.05, 0) is 35.9 Å². The van der Waals surface area contributed by atoms with Crippen molar-refractivity contribution in [1.82, 2.24) is 0 Å². The Hall–Kier alpha value is -3.48. The summed E-state index contributed by atoms with van der Waals surface area (Å²) < 4.78 is 20.7. The minimum atomic E-state index is -1.35. The van der Waals surface area contributed by atoms with E-state index in [-0.39, 0.29) is 11.3 Å². The van der Waals surface area contributed by atoms with E-state index < -0.39 is 17.3 Å². The number of rotatable bonds is 8. The third-order valence-electron chi connectivity index (χ3n) is 3.85. The Kier molecular flexibility index (Phi) is 6.43. The number of Topliss-reactive ketones (excluding diaryl/α,β-unsaturated/α-hetero) is 1. The fourth-order valence-electron chi connectivity index (χ4n) is 2.46. The summed E-state index contributed by atoms with van der Waals surface area (Å²) in [6.45, 7) is 0. The van der Waals surface area contributed by atoms with Crippen molar-refractivity contribution < 1.29 is 33.6 Å². The molecule has 2 rings (SSSR count). The normalized spacial score (nSPS) is 10.9. The van der Waals surface area contributed by atoms with Gasteiger partial charge in [0.05, 0.1) is 34.0 Å². The van der Waals surface area contributed by atoms with E-state index in [2.05, 4.69) is 0 Å². The topological polar surface area (TPSA) is 91.3 Å². The number of carbonyl (C=O) groups excluding carboxylic acids is 1. The number of carbonyl (C=O) groups is 2. The summed E-state index contributed by atoms with van der Waals surface area (Å²) in [5.74, 6) is -0.410. The second-order valence-electron chi connectivity index (χ2n) is 5.37. The highest BCUT2D eigenvalue weighted by molar-refractivity contribution is 6.27. The molecule has 0 bridgehead atoms. The van der Waals surface area contributed by atoms with Crippen molar-refractivity contribution in [3.8, 4) is 23.0 Å². The molecule has 2 aromatic carbocycles. The van der Waals surface area contributed by atoms with Crippen LogP contribution in [0, 0.1) is 0 Å². The van der Waals surface area contributed by atoms with Crippen molar-refractivity contribution in [2.45, 2.75) is 0 Å². The fourth-order valence-corrected chi connectivity index (χ4v) is 2.46. The Labute approximate surface area is 156 Å². The molecule has 0 amide bonds. The van der Waals surface area contributed by atoms with Crippen LogP contribution in [0.5, 0.6) is 23.0 Å². The summed E-state index contributed by atoms with van der Waals surface area (Å²) >= 11 is 0. The van der Waals surface area contributed by atoms with Crippen molar-refractivity contribution in [1.29, 1.82) is 0 Å². The molecular formula is C20H20O7. The molecule has 0 aromatic heterocycles. The average Bonchev–Trinajstić information content (AvgIpc) is 2.70. The van der Waals surface area contributed by atoms with Crippen LogP contribution >= 0.6 is 0 Å². The number of ketones is 1. The van der Waals surface area contributed by atoms with Crippen LogP contribution in [0.3, 0.4) is 0 Å². The summed E-state index contributed by atoms with van der Waals surface area (Å²) in [5.41, 5.74) is 0.184. The molecule has 0 saturated heterocycles. The van der Waals surface area contributed by atoms with Gasteiger partial charge in [0.15, 0.2) is 11.5 Å². The van der Waals surface area contributed by atoms with Gasteiger partial charge in [-0.1, -0.05) is 6.07 Å². The first kappa shape index (κ1) is 19.8. The molecule has 27 heavy (non-hydrogen) atoms. The zero-order valence-electron chi connectivity index (χ0n) is 15.4. The van der Waals surface area contributed by atoms with Gasteiger partial charge in [0.1, 0.15) is 17.1 Å². The lowest BCUT2D eigenvalue weighted by molar-refractivity contribution is -0.132. The number of hydrogen-bond acceptors (Lipinski definition) is 6. The van der Waals surface area contributed by atoms with Crippen LogP contribution in [0.1, 0.15) is 15.9 Å². The molecule has 0 atom stereocenters. The molecule has 0 aliphatic heterocycles. The SMILES string of the molecule is COc1ccc(C(=O)/C(=C\c2ccc(OC)c(OC)c2)C(=O)O)c(OC)c1. The molecule has 7 nitrogen and oxygen atoms in total. The van der Waals surface area contributed by atoms with Crippen molar-refractivity contribution in [2.75, 3.05) is 28.4 Å². The highest BCUT2D eigenvalue weighted by atomic mass is 16.5. The van der Waals surface area contributed by atoms with Crippen molar-refractivity contribution in [2.24, 2.45) is 0 Å². The van der Waals surface area contributed by atoms with Gasteiger partial charge in [-0.15, -0.1) is 0 Å². The lowest BCUT2D eigenvalue weighted by atomic mass is 9.99. The molecule has 0 radical (unpaired) electrons. The fraction of sp³-hybridized carbons (Fsp3) is 0.200. The van der Waals surface area contributed by atoms with Gasteiger partial charge in [0.25, 0.3) is 0 Å². The number of carboxylic acids is 1. The predicted octanol–water partition coefficient (Wildman–Crippen LogP) is 3.07. The largest absolute Gasteiger partial charge is 0.497 e. The minimum Gasteiger partial charge on any atom is -0.497 e. The smallest absolute Gasteiger partial charge is 0.339 e. The maximum Gasteiger partial charge on any atom is 0.339 e. The third kappa shape index (κ3) is 4.38. The van der Waals surface area contributed by atoms with Gasteiger partial charge in [0, 0.05) is 6.07 Å². The lowest BCUT2D eigenvalue weighted by Gasteiger charge is -2.11. The molecule has 0 saturated carbocycles. The van der Waals surface area contributed by atoms with Crippen LogP contribution in [0.25, 0.3) is 6.08 Å². The Balaban J connectivity index is 2.50. The summed E-state index contributed by atoms with van der Waals surface area (Å²) in [4.78, 5) is 24.5. The maximum atomic E-state index is 12.8. The third-order valence-corrected chi connectivity index (χ3v) is 3.85. The number of carboxylic acid groups (broad SMARTS) is 1. The highest BCUT2D eigenvalue weighted by Crippen LogP contribution is 2.30. The van der Waals surface area contributed by atoms with E-state index in [9.17, 15) is 14.7 Å². The first-order valence-corrected chi connectivity index (χ1v) is 7.88. The molecule has 1 N–H and O–H groups in total. The van der Waals surface area contributed by atoms with Crippen molar-refractivity contribution in [3.63, 3.8) is 0 Å². The van der Waals surface area contributed by atoms with Crippen LogP contribution in [-0.2, 0) is 4.79 Å². The molecule has 142 valence electrons. The van der Waals surface area contributed by atoms with Crippen LogP contribution in [0.4, 0.5) is 0 Å². The van der Waals surface area contributed by atoms with Gasteiger partial charge in [0.2, 0.25) is 5.78 Å². The predicted molar refractivity (Wildman–Crippen MR) is 99.0 cm³/mol. The van der Waals surface area contributed by atoms with Gasteiger partial charge >= 0.3 is 5.97 Å². The molecule has 7 heteroatoms.